The van der Waals surface area contributed by atoms with Gasteiger partial charge in [0.15, 0.2) is 5.96 Å². The Morgan fingerprint density at radius 1 is 1.50 bits per heavy atom. The predicted molar refractivity (Wildman–Crippen MR) is 22.0 cm³/mol. The van der Waals surface area contributed by atoms with E-state index in [4.69, 9.17) is 5.41 Å². The molecule has 0 saturated heterocycles. The topological polar surface area (TPSA) is 75.9 Å². The molecule has 0 unspecified atom stereocenters. The van der Waals surface area contributed by atoms with Crippen molar-refractivity contribution in [2.24, 2.45) is 11.5 Å². The number of nitrogens with two attached hydrogens (primary N) is 2. The third-order valence-electron chi connectivity index (χ3n) is 0. The fraction of sp³-hybridized carbons (Fsp3) is 0. The van der Waals surface area contributed by atoms with Crippen LogP contribution in [0.4, 0.5) is 0 Å². The number of nitrogens with one attached hydrogen (secondary N) is 1. The maximum atomic E-state index is 6.06. The van der Waals surface area contributed by atoms with Crippen LogP contribution in [0.1, 0.15) is 0 Å². The summed E-state index contributed by atoms with van der Waals surface area (Å²) >= 11 is 1.61. The molecule has 0 aromatic rings. The van der Waals surface area contributed by atoms with E-state index in [1.54, 1.807) is 18.8 Å². The van der Waals surface area contributed by atoms with Gasteiger partial charge in [0.25, 0.3) is 0 Å². The summed E-state index contributed by atoms with van der Waals surface area (Å²) in [5, 5.41) is 6.06. The molecule has 0 saturated carbocycles. The van der Waals surface area contributed by atoms with Gasteiger partial charge >= 0.3 is 28.2 Å². The van der Waals surface area contributed by atoms with Crippen molar-refractivity contribution in [2.75, 3.05) is 0 Å². The molecule has 0 radical (unpaired) electrons. The second-order valence-corrected chi connectivity index (χ2v) is 0.455. The molecule has 0 atom stereocenters. The molecule has 0 aliphatic carbocycles. The molecule has 0 aliphatic heterocycles. The first-order valence-corrected chi connectivity index (χ1v) is 3.76. The van der Waals surface area contributed by atoms with E-state index in [0.29, 0.717) is 0 Å². The van der Waals surface area contributed by atoms with Crippen LogP contribution in [0.2, 0.25) is 0 Å². The summed E-state index contributed by atoms with van der Waals surface area (Å²) in [4.78, 5) is 0. The Bertz CT molecular complexity index is 33.8. The van der Waals surface area contributed by atoms with Gasteiger partial charge in [-0.25, -0.2) is 0 Å². The number of hydrogen-bond acceptors (Lipinski definition) is 1. The Morgan fingerprint density at radius 2 is 1.50 bits per heavy atom. The first kappa shape index (κ1) is 9.54. The summed E-state index contributed by atoms with van der Waals surface area (Å²) in [7, 11) is 4.61. The van der Waals surface area contributed by atoms with Crippen molar-refractivity contribution in [3.63, 3.8) is 0 Å². The van der Waals surface area contributed by atoms with Crippen LogP contribution in [0.3, 0.4) is 0 Å². The van der Waals surface area contributed by atoms with Gasteiger partial charge in [-0.05, 0) is 0 Å². The Balaban J connectivity index is 0. The standard InChI is InChI=1S/CH5N3.ClH.Pt/c2-1(3)4;;/h(H5,2,3,4);1H;/q;;+1/p-1. The van der Waals surface area contributed by atoms with Crippen LogP contribution in [-0.2, 0) is 18.8 Å². The Hall–Kier alpha value is 0.248. The molecule has 0 fully saturated rings. The zero-order valence-corrected chi connectivity index (χ0v) is 5.88. The van der Waals surface area contributed by atoms with Gasteiger partial charge in [-0.1, -0.05) is 0 Å². The van der Waals surface area contributed by atoms with Gasteiger partial charge in [0.2, 0.25) is 0 Å². The van der Waals surface area contributed by atoms with Crippen LogP contribution in [0, 0.1) is 5.41 Å². The van der Waals surface area contributed by atoms with Crippen molar-refractivity contribution in [1.82, 2.24) is 0 Å². The fourth-order valence-electron chi connectivity index (χ4n) is 0. The molecule has 5 N–H and O–H groups in total. The number of halogens is 1. The maximum absolute atomic E-state index is 6.06. The van der Waals surface area contributed by atoms with Gasteiger partial charge in [0.05, 0.1) is 0 Å². The summed E-state index contributed by atoms with van der Waals surface area (Å²) in [5.74, 6) is -0.333. The summed E-state index contributed by atoms with van der Waals surface area (Å²) in [6.45, 7) is 0. The van der Waals surface area contributed by atoms with Crippen LogP contribution < -0.4 is 11.5 Å². The molecule has 0 bridgehead atoms. The molecule has 0 heterocycles. The monoisotopic (exact) mass is 289 g/mol. The van der Waals surface area contributed by atoms with E-state index in [0.717, 1.165) is 0 Å². The molecule has 0 amide bonds. The van der Waals surface area contributed by atoms with E-state index in [1.807, 2.05) is 0 Å². The average molecular weight is 290 g/mol. The van der Waals surface area contributed by atoms with Crippen molar-refractivity contribution in [3.8, 4) is 0 Å². The van der Waals surface area contributed by atoms with E-state index in [-0.39, 0.29) is 5.96 Å². The molecule has 0 spiro atoms. The quantitative estimate of drug-likeness (QED) is 0.416. The minimum atomic E-state index is -0.333. The normalized spacial score (nSPS) is 5.17. The van der Waals surface area contributed by atoms with Gasteiger partial charge in [0.1, 0.15) is 0 Å². The Morgan fingerprint density at radius 3 is 1.50 bits per heavy atom. The van der Waals surface area contributed by atoms with E-state index >= 15 is 0 Å². The summed E-state index contributed by atoms with van der Waals surface area (Å²) in [5.41, 5.74) is 8.94. The molecule has 6 heavy (non-hydrogen) atoms. The van der Waals surface area contributed by atoms with Crippen LogP contribution in [0.15, 0.2) is 0 Å². The number of guanidine groups is 1. The summed E-state index contributed by atoms with van der Waals surface area (Å²) < 4.78 is 0. The summed E-state index contributed by atoms with van der Waals surface area (Å²) in [6.07, 6.45) is 0. The zero-order chi connectivity index (χ0) is 5.58. The van der Waals surface area contributed by atoms with Crippen LogP contribution in [0.25, 0.3) is 0 Å². The van der Waals surface area contributed by atoms with Crippen molar-refractivity contribution in [1.29, 1.82) is 5.41 Å². The second kappa shape index (κ2) is 8.98. The van der Waals surface area contributed by atoms with Crippen molar-refractivity contribution in [3.05, 3.63) is 0 Å². The predicted octanol–water partition coefficient (Wildman–Crippen LogP) is -0.474. The molecule has 3 nitrogen and oxygen atoms in total. The molecule has 41 valence electrons. The van der Waals surface area contributed by atoms with Crippen LogP contribution >= 0.6 is 9.42 Å². The first-order valence-electron chi connectivity index (χ1n) is 0.947. The zero-order valence-electron chi connectivity index (χ0n) is 2.85. The first-order chi connectivity index (χ1) is 2.73. The third-order valence-corrected chi connectivity index (χ3v) is 0. The molecular weight excluding hydrogens is 285 g/mol. The Labute approximate surface area is 51.4 Å². The van der Waals surface area contributed by atoms with Gasteiger partial charge in [0, 0.05) is 0 Å². The van der Waals surface area contributed by atoms with Gasteiger partial charge in [-0.15, -0.1) is 0 Å². The van der Waals surface area contributed by atoms with E-state index in [1.165, 1.54) is 0 Å². The number of hydrogen-bond donors (Lipinski definition) is 3. The molecule has 0 aromatic carbocycles. The fourth-order valence-corrected chi connectivity index (χ4v) is 0. The van der Waals surface area contributed by atoms with Gasteiger partial charge in [-0.3, -0.25) is 5.41 Å². The molecule has 5 heteroatoms. The summed E-state index contributed by atoms with van der Waals surface area (Å²) in [6, 6.07) is 0. The molecule has 0 rings (SSSR count). The van der Waals surface area contributed by atoms with Crippen molar-refractivity contribution < 1.29 is 18.8 Å². The van der Waals surface area contributed by atoms with Crippen LogP contribution in [-0.4, -0.2) is 5.96 Å². The SMILES string of the molecule is N=C(N)N.[Cl][Pt]. The Kier molecular flexibility index (Phi) is 14.3. The second-order valence-electron chi connectivity index (χ2n) is 0.455. The van der Waals surface area contributed by atoms with E-state index < -0.39 is 0 Å². The van der Waals surface area contributed by atoms with E-state index in [2.05, 4.69) is 20.9 Å². The van der Waals surface area contributed by atoms with E-state index in [9.17, 15) is 0 Å². The van der Waals surface area contributed by atoms with Gasteiger partial charge in [-0.2, -0.15) is 0 Å². The number of rotatable bonds is 0. The van der Waals surface area contributed by atoms with Crippen molar-refractivity contribution in [2.45, 2.75) is 0 Å². The average Bonchev–Trinajstić information content (AvgIpc) is 1.41. The third kappa shape index (κ3) is 727. The molecule has 0 aromatic heterocycles. The minimum absolute atomic E-state index is 0.333. The van der Waals surface area contributed by atoms with Gasteiger partial charge < -0.3 is 11.5 Å². The molecule has 0 aliphatic rings. The molecular formula is CH5ClN3Pt. The van der Waals surface area contributed by atoms with Crippen LogP contribution in [0.5, 0.6) is 0 Å². The van der Waals surface area contributed by atoms with Crippen molar-refractivity contribution >= 4 is 15.4 Å².